The van der Waals surface area contributed by atoms with Crippen LogP contribution in [0, 0.1) is 0 Å². The van der Waals surface area contributed by atoms with Gasteiger partial charge in [0.1, 0.15) is 0 Å². The summed E-state index contributed by atoms with van der Waals surface area (Å²) in [5.74, 6) is -1.93. The highest BCUT2D eigenvalue weighted by Gasteiger charge is 2.41. The average Bonchev–Trinajstić information content (AvgIpc) is 2.66. The Morgan fingerprint density at radius 2 is 2.07 bits per heavy atom. The zero-order valence-corrected chi connectivity index (χ0v) is 17.1. The van der Waals surface area contributed by atoms with Crippen LogP contribution in [0.15, 0.2) is 24.4 Å². The molecule has 0 saturated carbocycles. The lowest BCUT2D eigenvalue weighted by Gasteiger charge is -2.22. The number of nitrogens with zero attached hydrogens (tertiary/aromatic N) is 2. The lowest BCUT2D eigenvalue weighted by molar-refractivity contribution is -0.0884. The van der Waals surface area contributed by atoms with Crippen molar-refractivity contribution in [3.8, 4) is 0 Å². The standard InChI is InChI=1S/C20H25ClF3N3O2/c1-3-27(9-10-28)8-4-5-13(2)26-18-15-7-6-14(21)11-17(15)25-12-16(18)19(29)20(22,23)24/h6-7,11-13,28H,3-5,8-10H2,1-2H3,(H,25,26). The molecule has 160 valence electrons. The average molecular weight is 432 g/mol. The second-order valence-electron chi connectivity index (χ2n) is 6.88. The molecule has 0 aliphatic heterocycles. The Bertz CT molecular complexity index is 846. The molecular weight excluding hydrogens is 407 g/mol. The second-order valence-corrected chi connectivity index (χ2v) is 7.32. The van der Waals surface area contributed by atoms with Crippen molar-refractivity contribution in [2.24, 2.45) is 0 Å². The fraction of sp³-hybridized carbons (Fsp3) is 0.500. The van der Waals surface area contributed by atoms with Crippen molar-refractivity contribution in [1.82, 2.24) is 9.88 Å². The van der Waals surface area contributed by atoms with Crippen LogP contribution >= 0.6 is 11.6 Å². The molecule has 0 aliphatic carbocycles. The summed E-state index contributed by atoms with van der Waals surface area (Å²) in [5.41, 5.74) is 0.0184. The molecule has 29 heavy (non-hydrogen) atoms. The molecule has 1 aromatic heterocycles. The molecule has 0 amide bonds. The van der Waals surface area contributed by atoms with Crippen LogP contribution in [-0.2, 0) is 0 Å². The number of aromatic nitrogens is 1. The van der Waals surface area contributed by atoms with Gasteiger partial charge in [0.25, 0.3) is 5.78 Å². The minimum absolute atomic E-state index is 0.0795. The summed E-state index contributed by atoms with van der Waals surface area (Å²) in [6.07, 6.45) is -2.57. The summed E-state index contributed by atoms with van der Waals surface area (Å²) >= 11 is 5.96. The second kappa shape index (κ2) is 10.2. The highest BCUT2D eigenvalue weighted by molar-refractivity contribution is 6.31. The van der Waals surface area contributed by atoms with E-state index in [9.17, 15) is 18.0 Å². The number of rotatable bonds is 10. The van der Waals surface area contributed by atoms with Crippen LogP contribution in [0.3, 0.4) is 0 Å². The number of carbonyl (C=O) groups excluding carboxylic acids is 1. The number of aliphatic hydroxyl groups excluding tert-OH is 1. The smallest absolute Gasteiger partial charge is 0.395 e. The van der Waals surface area contributed by atoms with Gasteiger partial charge in [0, 0.05) is 29.2 Å². The monoisotopic (exact) mass is 431 g/mol. The van der Waals surface area contributed by atoms with Crippen molar-refractivity contribution in [3.63, 3.8) is 0 Å². The molecule has 2 aromatic rings. The summed E-state index contributed by atoms with van der Waals surface area (Å²) in [7, 11) is 0. The summed E-state index contributed by atoms with van der Waals surface area (Å²) in [5, 5.41) is 12.9. The quantitative estimate of drug-likeness (QED) is 0.541. The number of hydrogen-bond acceptors (Lipinski definition) is 5. The van der Waals surface area contributed by atoms with Gasteiger partial charge in [0.2, 0.25) is 0 Å². The molecule has 1 atom stereocenters. The summed E-state index contributed by atoms with van der Waals surface area (Å²) < 4.78 is 39.2. The summed E-state index contributed by atoms with van der Waals surface area (Å²) in [6.45, 7) is 6.09. The number of nitrogens with one attached hydrogen (secondary N) is 1. The fourth-order valence-electron chi connectivity index (χ4n) is 3.16. The van der Waals surface area contributed by atoms with Gasteiger partial charge < -0.3 is 15.3 Å². The normalized spacial score (nSPS) is 13.1. The molecule has 1 heterocycles. The maximum atomic E-state index is 13.1. The first-order valence-corrected chi connectivity index (χ1v) is 9.84. The zero-order valence-electron chi connectivity index (χ0n) is 16.4. The third-order valence-electron chi connectivity index (χ3n) is 4.70. The number of likely N-dealkylation sites (N-methyl/N-ethyl adjacent to an activating group) is 1. The largest absolute Gasteiger partial charge is 0.455 e. The van der Waals surface area contributed by atoms with Gasteiger partial charge in [-0.15, -0.1) is 0 Å². The van der Waals surface area contributed by atoms with Gasteiger partial charge in [-0.05, 0) is 51.1 Å². The third kappa shape index (κ3) is 6.29. The van der Waals surface area contributed by atoms with Crippen LogP contribution in [0.4, 0.5) is 18.9 Å². The molecule has 0 saturated heterocycles. The molecule has 0 bridgehead atoms. The van der Waals surface area contributed by atoms with E-state index >= 15 is 0 Å². The Morgan fingerprint density at radius 3 is 2.69 bits per heavy atom. The molecule has 0 spiro atoms. The van der Waals surface area contributed by atoms with Crippen LogP contribution in [0.5, 0.6) is 0 Å². The van der Waals surface area contributed by atoms with Crippen molar-refractivity contribution in [1.29, 1.82) is 0 Å². The van der Waals surface area contributed by atoms with E-state index in [1.807, 2.05) is 13.8 Å². The van der Waals surface area contributed by atoms with Crippen LogP contribution in [0.2, 0.25) is 5.02 Å². The van der Waals surface area contributed by atoms with Crippen molar-refractivity contribution in [2.45, 2.75) is 38.9 Å². The molecule has 2 rings (SSSR count). The van der Waals surface area contributed by atoms with Gasteiger partial charge in [-0.2, -0.15) is 13.2 Å². The Morgan fingerprint density at radius 1 is 1.34 bits per heavy atom. The van der Waals surface area contributed by atoms with Crippen molar-refractivity contribution >= 4 is 34.0 Å². The van der Waals surface area contributed by atoms with Gasteiger partial charge in [0.15, 0.2) is 0 Å². The maximum absolute atomic E-state index is 13.1. The Labute approximate surface area is 172 Å². The van der Waals surface area contributed by atoms with Crippen LogP contribution in [0.25, 0.3) is 10.9 Å². The molecule has 9 heteroatoms. The first-order valence-electron chi connectivity index (χ1n) is 9.46. The van der Waals surface area contributed by atoms with Crippen molar-refractivity contribution < 1.29 is 23.1 Å². The number of halogens is 4. The number of Topliss-reactive ketones (excluding diaryl/α,β-unsaturated/α-hetero) is 1. The van der Waals surface area contributed by atoms with Crippen LogP contribution < -0.4 is 5.32 Å². The number of hydrogen-bond donors (Lipinski definition) is 2. The molecule has 5 nitrogen and oxygen atoms in total. The first-order chi connectivity index (χ1) is 13.7. The van der Waals surface area contributed by atoms with Gasteiger partial charge >= 0.3 is 6.18 Å². The van der Waals surface area contributed by atoms with Crippen molar-refractivity contribution in [2.75, 3.05) is 31.6 Å². The van der Waals surface area contributed by atoms with Gasteiger partial charge in [0.05, 0.1) is 23.4 Å². The predicted molar refractivity (Wildman–Crippen MR) is 109 cm³/mol. The minimum atomic E-state index is -4.99. The molecule has 1 unspecified atom stereocenters. The lowest BCUT2D eigenvalue weighted by Crippen LogP contribution is -2.29. The highest BCUT2D eigenvalue weighted by atomic mass is 35.5. The van der Waals surface area contributed by atoms with Gasteiger partial charge in [-0.1, -0.05) is 18.5 Å². The van der Waals surface area contributed by atoms with E-state index in [2.05, 4.69) is 15.2 Å². The Hall–Kier alpha value is -1.90. The molecule has 0 radical (unpaired) electrons. The number of carbonyl (C=O) groups is 1. The number of anilines is 1. The molecular formula is C20H25ClF3N3O2. The number of aliphatic hydroxyl groups is 1. The highest BCUT2D eigenvalue weighted by Crippen LogP contribution is 2.33. The predicted octanol–water partition coefficient (Wildman–Crippen LogP) is 4.53. The topological polar surface area (TPSA) is 65.5 Å². The van der Waals surface area contributed by atoms with Crippen LogP contribution in [-0.4, -0.2) is 59.2 Å². The van der Waals surface area contributed by atoms with Gasteiger partial charge in [-0.25, -0.2) is 0 Å². The molecule has 0 fully saturated rings. The van der Waals surface area contributed by atoms with E-state index in [0.29, 0.717) is 28.9 Å². The van der Waals surface area contributed by atoms with E-state index in [1.165, 1.54) is 0 Å². The van der Waals surface area contributed by atoms with E-state index < -0.39 is 17.5 Å². The SMILES string of the molecule is CCN(CCO)CCCC(C)Nc1c(C(=O)C(F)(F)F)cnc2cc(Cl)ccc12. The van der Waals surface area contributed by atoms with E-state index in [0.717, 1.165) is 25.7 Å². The maximum Gasteiger partial charge on any atom is 0.455 e. The fourth-order valence-corrected chi connectivity index (χ4v) is 3.32. The zero-order chi connectivity index (χ0) is 21.6. The first kappa shape index (κ1) is 23.4. The van der Waals surface area contributed by atoms with E-state index in [4.69, 9.17) is 16.7 Å². The Kier molecular flexibility index (Phi) is 8.24. The minimum Gasteiger partial charge on any atom is -0.395 e. The molecule has 2 N–H and O–H groups in total. The molecule has 1 aromatic carbocycles. The number of ketones is 1. The number of benzene rings is 1. The van der Waals surface area contributed by atoms with E-state index in [-0.39, 0.29) is 18.3 Å². The number of pyridine rings is 1. The number of fused-ring (bicyclic) bond motifs is 1. The molecule has 0 aliphatic rings. The van der Waals surface area contributed by atoms with E-state index in [1.54, 1.807) is 18.2 Å². The lowest BCUT2D eigenvalue weighted by atomic mass is 10.0. The third-order valence-corrected chi connectivity index (χ3v) is 4.93. The van der Waals surface area contributed by atoms with Crippen LogP contribution in [0.1, 0.15) is 37.0 Å². The summed E-state index contributed by atoms with van der Waals surface area (Å²) in [6, 6.07) is 4.48. The van der Waals surface area contributed by atoms with Crippen molar-refractivity contribution in [3.05, 3.63) is 35.0 Å². The summed E-state index contributed by atoms with van der Waals surface area (Å²) in [4.78, 5) is 18.0. The number of alkyl halides is 3. The van der Waals surface area contributed by atoms with Gasteiger partial charge in [-0.3, -0.25) is 9.78 Å². The Balaban J connectivity index is 2.25.